The summed E-state index contributed by atoms with van der Waals surface area (Å²) in [6.45, 7) is 4.80. The number of nitrogens with one attached hydrogen (secondary N) is 2. The summed E-state index contributed by atoms with van der Waals surface area (Å²) >= 11 is 1.96. The van der Waals surface area contributed by atoms with Crippen LogP contribution in [0, 0.1) is 5.92 Å². The number of rotatable bonds is 5. The highest BCUT2D eigenvalue weighted by atomic mass is 127. The Bertz CT molecular complexity index is 511. The normalized spacial score (nSPS) is 30.0. The van der Waals surface area contributed by atoms with Gasteiger partial charge >= 0.3 is 0 Å². The van der Waals surface area contributed by atoms with Crippen molar-refractivity contribution < 1.29 is 8.42 Å². The third kappa shape index (κ3) is 7.68. The highest BCUT2D eigenvalue weighted by Gasteiger charge is 2.28. The number of sulfone groups is 1. The molecule has 1 saturated heterocycles. The first-order valence-corrected chi connectivity index (χ1v) is 11.8. The van der Waals surface area contributed by atoms with Crippen LogP contribution in [0.5, 0.6) is 0 Å². The van der Waals surface area contributed by atoms with E-state index in [-0.39, 0.29) is 29.9 Å². The lowest BCUT2D eigenvalue weighted by molar-refractivity contribution is 0.417. The van der Waals surface area contributed by atoms with Crippen LogP contribution in [-0.4, -0.2) is 56.0 Å². The standard InChI is InChI=1S/C16H31N3O2S2.HI/c1-12(2)18-16(17-10-13-7-8-23(20,21)11-13)19-14-5-4-6-15(9-14)22-3;/h12-15H,4-11H2,1-3H3,(H2,17,18,19);1H. The summed E-state index contributed by atoms with van der Waals surface area (Å²) < 4.78 is 23.1. The van der Waals surface area contributed by atoms with Gasteiger partial charge in [0.2, 0.25) is 0 Å². The molecule has 8 heteroatoms. The van der Waals surface area contributed by atoms with Gasteiger partial charge < -0.3 is 10.6 Å². The van der Waals surface area contributed by atoms with Crippen LogP contribution in [0.4, 0.5) is 0 Å². The van der Waals surface area contributed by atoms with Crippen molar-refractivity contribution in [2.24, 2.45) is 10.9 Å². The van der Waals surface area contributed by atoms with Gasteiger partial charge in [0, 0.05) is 23.9 Å². The molecule has 142 valence electrons. The maximum absolute atomic E-state index is 11.6. The minimum absolute atomic E-state index is 0. The second-order valence-corrected chi connectivity index (χ2v) is 10.5. The van der Waals surface area contributed by atoms with Crippen LogP contribution in [0.1, 0.15) is 46.0 Å². The van der Waals surface area contributed by atoms with Crippen molar-refractivity contribution in [2.75, 3.05) is 24.3 Å². The van der Waals surface area contributed by atoms with Crippen LogP contribution in [-0.2, 0) is 9.84 Å². The Balaban J connectivity index is 0.00000288. The molecule has 2 aliphatic rings. The molecule has 24 heavy (non-hydrogen) atoms. The fraction of sp³-hybridized carbons (Fsp3) is 0.938. The lowest BCUT2D eigenvalue weighted by Gasteiger charge is -2.30. The van der Waals surface area contributed by atoms with Crippen LogP contribution in [0.3, 0.4) is 0 Å². The summed E-state index contributed by atoms with van der Waals surface area (Å²) in [4.78, 5) is 4.68. The zero-order valence-electron chi connectivity index (χ0n) is 15.0. The van der Waals surface area contributed by atoms with Gasteiger partial charge in [-0.1, -0.05) is 6.42 Å². The molecule has 2 N–H and O–H groups in total. The first-order valence-electron chi connectivity index (χ1n) is 8.68. The van der Waals surface area contributed by atoms with E-state index in [4.69, 9.17) is 0 Å². The minimum atomic E-state index is -2.82. The second kappa shape index (κ2) is 10.4. The summed E-state index contributed by atoms with van der Waals surface area (Å²) in [6.07, 6.45) is 7.88. The van der Waals surface area contributed by atoms with Crippen molar-refractivity contribution in [3.05, 3.63) is 0 Å². The van der Waals surface area contributed by atoms with E-state index in [1.807, 2.05) is 11.8 Å². The van der Waals surface area contributed by atoms with Gasteiger partial charge in [-0.25, -0.2) is 8.42 Å². The topological polar surface area (TPSA) is 70.6 Å². The smallest absolute Gasteiger partial charge is 0.191 e. The molecule has 3 atom stereocenters. The average Bonchev–Trinajstić information content (AvgIpc) is 2.84. The van der Waals surface area contributed by atoms with Crippen molar-refractivity contribution in [2.45, 2.75) is 63.3 Å². The SMILES string of the molecule is CSC1CCCC(NC(=NCC2CCS(=O)(=O)C2)NC(C)C)C1.I. The lowest BCUT2D eigenvalue weighted by Crippen LogP contribution is -2.48. The molecule has 0 aromatic heterocycles. The Morgan fingerprint density at radius 3 is 2.62 bits per heavy atom. The monoisotopic (exact) mass is 489 g/mol. The molecule has 2 fully saturated rings. The van der Waals surface area contributed by atoms with Gasteiger partial charge in [-0.2, -0.15) is 11.8 Å². The molecule has 0 aromatic carbocycles. The summed E-state index contributed by atoms with van der Waals surface area (Å²) in [6, 6.07) is 0.784. The van der Waals surface area contributed by atoms with Crippen molar-refractivity contribution in [1.29, 1.82) is 0 Å². The number of aliphatic imine (C=N–C) groups is 1. The molecule has 1 heterocycles. The van der Waals surface area contributed by atoms with Crippen molar-refractivity contribution in [3.8, 4) is 0 Å². The Morgan fingerprint density at radius 1 is 1.29 bits per heavy atom. The highest BCUT2D eigenvalue weighted by molar-refractivity contribution is 14.0. The zero-order valence-corrected chi connectivity index (χ0v) is 18.9. The van der Waals surface area contributed by atoms with Gasteiger partial charge in [-0.05, 0) is 51.7 Å². The second-order valence-electron chi connectivity index (χ2n) is 7.12. The predicted molar refractivity (Wildman–Crippen MR) is 115 cm³/mol. The summed E-state index contributed by atoms with van der Waals surface area (Å²) in [5.74, 6) is 1.64. The number of hydrogen-bond acceptors (Lipinski definition) is 4. The maximum atomic E-state index is 11.6. The molecule has 0 bridgehead atoms. The molecule has 5 nitrogen and oxygen atoms in total. The van der Waals surface area contributed by atoms with Crippen molar-refractivity contribution in [1.82, 2.24) is 10.6 Å². The Kier molecular flexibility index (Phi) is 9.73. The fourth-order valence-electron chi connectivity index (χ4n) is 3.33. The molecular weight excluding hydrogens is 457 g/mol. The molecule has 0 aromatic rings. The van der Waals surface area contributed by atoms with E-state index in [1.54, 1.807) is 0 Å². The van der Waals surface area contributed by atoms with Gasteiger partial charge in [0.1, 0.15) is 0 Å². The van der Waals surface area contributed by atoms with E-state index in [2.05, 4.69) is 35.7 Å². The fourth-order valence-corrected chi connectivity index (χ4v) is 6.00. The Morgan fingerprint density at radius 2 is 2.04 bits per heavy atom. The number of thioether (sulfide) groups is 1. The average molecular weight is 489 g/mol. The Hall–Kier alpha value is 0.300. The van der Waals surface area contributed by atoms with Crippen LogP contribution in [0.25, 0.3) is 0 Å². The molecule has 0 amide bonds. The molecule has 3 unspecified atom stereocenters. The van der Waals surface area contributed by atoms with Crippen LogP contribution in [0.15, 0.2) is 4.99 Å². The molecule has 0 spiro atoms. The lowest BCUT2D eigenvalue weighted by atomic mass is 9.95. The number of hydrogen-bond donors (Lipinski definition) is 2. The van der Waals surface area contributed by atoms with Crippen molar-refractivity contribution >= 4 is 51.5 Å². The minimum Gasteiger partial charge on any atom is -0.354 e. The summed E-state index contributed by atoms with van der Waals surface area (Å²) in [5.41, 5.74) is 0. The first kappa shape index (κ1) is 22.3. The predicted octanol–water partition coefficient (Wildman–Crippen LogP) is 2.66. The third-order valence-electron chi connectivity index (χ3n) is 4.56. The number of halogens is 1. The van der Waals surface area contributed by atoms with E-state index < -0.39 is 9.84 Å². The molecule has 0 radical (unpaired) electrons. The largest absolute Gasteiger partial charge is 0.354 e. The number of guanidine groups is 1. The quantitative estimate of drug-likeness (QED) is 0.353. The van der Waals surface area contributed by atoms with Crippen LogP contribution in [0.2, 0.25) is 0 Å². The van der Waals surface area contributed by atoms with Gasteiger partial charge in [-0.15, -0.1) is 24.0 Å². The van der Waals surface area contributed by atoms with E-state index in [0.29, 0.717) is 30.1 Å². The number of nitrogens with zero attached hydrogens (tertiary/aromatic N) is 1. The van der Waals surface area contributed by atoms with Crippen LogP contribution < -0.4 is 10.6 Å². The first-order chi connectivity index (χ1) is 10.9. The summed E-state index contributed by atoms with van der Waals surface area (Å²) in [5, 5.41) is 7.70. The van der Waals surface area contributed by atoms with Gasteiger partial charge in [0.25, 0.3) is 0 Å². The van der Waals surface area contributed by atoms with Crippen molar-refractivity contribution in [3.63, 3.8) is 0 Å². The molecule has 1 aliphatic carbocycles. The van der Waals surface area contributed by atoms with E-state index in [0.717, 1.165) is 17.6 Å². The van der Waals surface area contributed by atoms with Gasteiger partial charge in [0.15, 0.2) is 15.8 Å². The summed E-state index contributed by atoms with van der Waals surface area (Å²) in [7, 11) is -2.82. The third-order valence-corrected chi connectivity index (χ3v) is 7.49. The maximum Gasteiger partial charge on any atom is 0.191 e. The molecule has 1 saturated carbocycles. The van der Waals surface area contributed by atoms with E-state index >= 15 is 0 Å². The zero-order chi connectivity index (χ0) is 16.9. The Labute approximate surface area is 168 Å². The van der Waals surface area contributed by atoms with E-state index in [1.165, 1.54) is 25.7 Å². The van der Waals surface area contributed by atoms with Gasteiger partial charge in [-0.3, -0.25) is 4.99 Å². The van der Waals surface area contributed by atoms with Gasteiger partial charge in [0.05, 0.1) is 11.5 Å². The molecular formula is C16H32IN3O2S2. The highest BCUT2D eigenvalue weighted by Crippen LogP contribution is 2.26. The van der Waals surface area contributed by atoms with E-state index in [9.17, 15) is 8.42 Å². The molecule has 2 rings (SSSR count). The van der Waals surface area contributed by atoms with Crippen LogP contribution >= 0.6 is 35.7 Å². The molecule has 1 aliphatic heterocycles.